The topological polar surface area (TPSA) is 18.5 Å². The van der Waals surface area contributed by atoms with Gasteiger partial charge in [-0.25, -0.2) is 0 Å². The van der Waals surface area contributed by atoms with E-state index in [2.05, 4.69) is 29.1 Å². The third-order valence-electron chi connectivity index (χ3n) is 5.46. The van der Waals surface area contributed by atoms with Gasteiger partial charge in [0.15, 0.2) is 0 Å². The lowest BCUT2D eigenvalue weighted by atomic mass is 9.94. The van der Waals surface area contributed by atoms with Crippen LogP contribution in [0, 0.1) is 5.92 Å². The molecule has 3 heteroatoms. The van der Waals surface area contributed by atoms with Crippen molar-refractivity contribution in [3.63, 3.8) is 0 Å². The molecule has 0 aromatic carbocycles. The molecule has 0 bridgehead atoms. The highest BCUT2D eigenvalue weighted by Crippen LogP contribution is 2.33. The fraction of sp³-hybridized carbons (Fsp3) is 1.00. The molecule has 3 rings (SSSR count). The molecule has 3 nitrogen and oxygen atoms in total. The van der Waals surface area contributed by atoms with Crippen LogP contribution >= 0.6 is 0 Å². The Bertz CT molecular complexity index is 282. The Morgan fingerprint density at radius 2 is 1.84 bits per heavy atom. The van der Waals surface area contributed by atoms with E-state index in [1.165, 1.54) is 64.7 Å². The molecule has 0 spiro atoms. The number of nitrogens with one attached hydrogen (secondary N) is 1. The van der Waals surface area contributed by atoms with Crippen molar-refractivity contribution in [2.45, 2.75) is 63.6 Å². The van der Waals surface area contributed by atoms with Crippen LogP contribution in [0.4, 0.5) is 0 Å². The number of piperidine rings is 1. The maximum Gasteiger partial charge on any atom is 0.0210 e. The van der Waals surface area contributed by atoms with Crippen molar-refractivity contribution in [1.29, 1.82) is 0 Å². The molecule has 110 valence electrons. The number of likely N-dealkylation sites (tertiary alicyclic amines) is 2. The second kappa shape index (κ2) is 6.11. The van der Waals surface area contributed by atoms with E-state index in [0.717, 1.165) is 24.0 Å². The lowest BCUT2D eigenvalue weighted by Crippen LogP contribution is -2.36. The minimum Gasteiger partial charge on any atom is -0.313 e. The zero-order valence-electron chi connectivity index (χ0n) is 12.8. The first-order valence-corrected chi connectivity index (χ1v) is 8.40. The molecule has 0 amide bonds. The van der Waals surface area contributed by atoms with Gasteiger partial charge in [0.05, 0.1) is 0 Å². The van der Waals surface area contributed by atoms with Crippen LogP contribution in [0.1, 0.15) is 45.4 Å². The Hall–Kier alpha value is -0.120. The fourth-order valence-corrected chi connectivity index (χ4v) is 3.96. The van der Waals surface area contributed by atoms with Crippen molar-refractivity contribution >= 4 is 0 Å². The number of rotatable bonds is 5. The quantitative estimate of drug-likeness (QED) is 0.819. The van der Waals surface area contributed by atoms with Crippen molar-refractivity contribution in [3.8, 4) is 0 Å². The Kier molecular flexibility index (Phi) is 4.45. The van der Waals surface area contributed by atoms with Crippen molar-refractivity contribution in [2.75, 3.05) is 33.2 Å². The second-order valence-corrected chi connectivity index (χ2v) is 7.20. The Labute approximate surface area is 118 Å². The third-order valence-corrected chi connectivity index (χ3v) is 5.46. The van der Waals surface area contributed by atoms with Gasteiger partial charge in [0, 0.05) is 24.7 Å². The molecule has 19 heavy (non-hydrogen) atoms. The van der Waals surface area contributed by atoms with Crippen LogP contribution < -0.4 is 5.32 Å². The summed E-state index contributed by atoms with van der Waals surface area (Å²) in [5, 5.41) is 3.83. The highest BCUT2D eigenvalue weighted by Gasteiger charge is 2.38. The van der Waals surface area contributed by atoms with E-state index >= 15 is 0 Å². The first-order chi connectivity index (χ1) is 9.22. The Morgan fingerprint density at radius 1 is 1.11 bits per heavy atom. The number of hydrogen-bond donors (Lipinski definition) is 1. The summed E-state index contributed by atoms with van der Waals surface area (Å²) in [6, 6.07) is 2.52. The van der Waals surface area contributed by atoms with E-state index in [9.17, 15) is 0 Å². The molecule has 2 heterocycles. The Morgan fingerprint density at radius 3 is 2.53 bits per heavy atom. The van der Waals surface area contributed by atoms with Crippen LogP contribution in [0.25, 0.3) is 0 Å². The van der Waals surface area contributed by atoms with Crippen LogP contribution in [0.5, 0.6) is 0 Å². The summed E-state index contributed by atoms with van der Waals surface area (Å²) in [6.45, 7) is 7.57. The first kappa shape index (κ1) is 13.8. The first-order valence-electron chi connectivity index (χ1n) is 8.40. The fourth-order valence-electron chi connectivity index (χ4n) is 3.96. The molecule has 2 saturated heterocycles. The van der Waals surface area contributed by atoms with E-state index in [-0.39, 0.29) is 0 Å². The van der Waals surface area contributed by atoms with E-state index in [1.54, 1.807) is 0 Å². The molecule has 3 fully saturated rings. The largest absolute Gasteiger partial charge is 0.313 e. The number of nitrogens with zero attached hydrogens (tertiary/aromatic N) is 2. The summed E-state index contributed by atoms with van der Waals surface area (Å²) in [7, 11) is 2.25. The van der Waals surface area contributed by atoms with E-state index in [0.29, 0.717) is 0 Å². The zero-order valence-corrected chi connectivity index (χ0v) is 12.8. The van der Waals surface area contributed by atoms with Gasteiger partial charge in [0.2, 0.25) is 0 Å². The minimum absolute atomic E-state index is 0.766. The van der Waals surface area contributed by atoms with Crippen LogP contribution in [-0.2, 0) is 0 Å². The standard InChI is InChI=1S/C16H31N3/c1-13-11-15(12-19(13)16-3-4-16)17-8-5-14-6-9-18(2)10-7-14/h13-17H,3-12H2,1-2H3. The van der Waals surface area contributed by atoms with Crippen LogP contribution in [0.2, 0.25) is 0 Å². The van der Waals surface area contributed by atoms with E-state index < -0.39 is 0 Å². The van der Waals surface area contributed by atoms with Crippen LogP contribution in [0.15, 0.2) is 0 Å². The predicted molar refractivity (Wildman–Crippen MR) is 80.4 cm³/mol. The molecule has 0 aromatic rings. The van der Waals surface area contributed by atoms with Gasteiger partial charge >= 0.3 is 0 Å². The average Bonchev–Trinajstić information content (AvgIpc) is 3.17. The molecule has 1 saturated carbocycles. The minimum atomic E-state index is 0.766. The van der Waals surface area contributed by atoms with Gasteiger partial charge in [0.1, 0.15) is 0 Å². The maximum absolute atomic E-state index is 3.83. The van der Waals surface area contributed by atoms with Gasteiger partial charge in [-0.1, -0.05) is 0 Å². The molecule has 0 radical (unpaired) electrons. The lowest BCUT2D eigenvalue weighted by molar-refractivity contribution is 0.210. The van der Waals surface area contributed by atoms with Crippen LogP contribution in [-0.4, -0.2) is 61.2 Å². The normalized spacial score (nSPS) is 35.1. The van der Waals surface area contributed by atoms with Crippen molar-refractivity contribution in [2.24, 2.45) is 5.92 Å². The summed E-state index contributed by atoms with van der Waals surface area (Å²) in [6.07, 6.45) is 8.48. The SMILES string of the molecule is CC1CC(NCCC2CCN(C)CC2)CN1C1CC1. The third kappa shape index (κ3) is 3.71. The zero-order chi connectivity index (χ0) is 13.2. The molecule has 2 aliphatic heterocycles. The highest BCUT2D eigenvalue weighted by molar-refractivity contribution is 4.95. The molecular formula is C16H31N3. The molecule has 3 aliphatic rings. The van der Waals surface area contributed by atoms with Gasteiger partial charge in [-0.3, -0.25) is 4.90 Å². The monoisotopic (exact) mass is 265 g/mol. The summed E-state index contributed by atoms with van der Waals surface area (Å²) >= 11 is 0. The maximum atomic E-state index is 3.83. The van der Waals surface area contributed by atoms with Gasteiger partial charge in [-0.15, -0.1) is 0 Å². The van der Waals surface area contributed by atoms with Crippen LogP contribution in [0.3, 0.4) is 0 Å². The van der Waals surface area contributed by atoms with E-state index in [4.69, 9.17) is 0 Å². The molecule has 1 aliphatic carbocycles. The summed E-state index contributed by atoms with van der Waals surface area (Å²) in [4.78, 5) is 5.21. The smallest absolute Gasteiger partial charge is 0.0210 e. The van der Waals surface area contributed by atoms with Crippen molar-refractivity contribution in [3.05, 3.63) is 0 Å². The average molecular weight is 265 g/mol. The molecule has 2 atom stereocenters. The van der Waals surface area contributed by atoms with Crippen molar-refractivity contribution < 1.29 is 0 Å². The van der Waals surface area contributed by atoms with Gasteiger partial charge in [-0.2, -0.15) is 0 Å². The van der Waals surface area contributed by atoms with Gasteiger partial charge < -0.3 is 10.2 Å². The molecular weight excluding hydrogens is 234 g/mol. The highest BCUT2D eigenvalue weighted by atomic mass is 15.3. The summed E-state index contributed by atoms with van der Waals surface area (Å²) < 4.78 is 0. The van der Waals surface area contributed by atoms with E-state index in [1.807, 2.05) is 0 Å². The summed E-state index contributed by atoms with van der Waals surface area (Å²) in [5.41, 5.74) is 0. The lowest BCUT2D eigenvalue weighted by Gasteiger charge is -2.29. The summed E-state index contributed by atoms with van der Waals surface area (Å²) in [5.74, 6) is 0.974. The molecule has 0 aromatic heterocycles. The molecule has 1 N–H and O–H groups in total. The Balaban J connectivity index is 1.32. The molecule has 2 unspecified atom stereocenters. The number of hydrogen-bond acceptors (Lipinski definition) is 3. The predicted octanol–water partition coefficient (Wildman–Crippen LogP) is 1.93. The second-order valence-electron chi connectivity index (χ2n) is 7.20. The van der Waals surface area contributed by atoms with Crippen molar-refractivity contribution in [1.82, 2.24) is 15.1 Å². The van der Waals surface area contributed by atoms with Gasteiger partial charge in [-0.05, 0) is 78.0 Å². The van der Waals surface area contributed by atoms with Gasteiger partial charge in [0.25, 0.3) is 0 Å².